The number of hydrogen-bond donors (Lipinski definition) is 1. The molecule has 3 aromatic rings. The molecule has 0 radical (unpaired) electrons. The average molecular weight is 393 g/mol. The Labute approximate surface area is 169 Å². The maximum Gasteiger partial charge on any atom is 0.338 e. The van der Waals surface area contributed by atoms with Crippen molar-refractivity contribution >= 4 is 28.6 Å². The molecule has 0 aliphatic carbocycles. The van der Waals surface area contributed by atoms with Crippen LogP contribution in [0.2, 0.25) is 0 Å². The predicted octanol–water partition coefficient (Wildman–Crippen LogP) is 3.75. The Morgan fingerprint density at radius 2 is 1.66 bits per heavy atom. The van der Waals surface area contributed by atoms with Gasteiger partial charge in [0.2, 0.25) is 0 Å². The Morgan fingerprint density at radius 3 is 2.34 bits per heavy atom. The molecule has 7 nitrogen and oxygen atoms in total. The minimum absolute atomic E-state index is 0.308. The summed E-state index contributed by atoms with van der Waals surface area (Å²) in [4.78, 5) is 33.9. The second-order valence-corrected chi connectivity index (χ2v) is 6.84. The smallest absolute Gasteiger partial charge is 0.338 e. The molecule has 1 heterocycles. The number of amides is 1. The Hall–Kier alpha value is -3.48. The molecule has 150 valence electrons. The summed E-state index contributed by atoms with van der Waals surface area (Å²) in [5.74, 6) is -0.527. The van der Waals surface area contributed by atoms with Gasteiger partial charge in [0.25, 0.3) is 5.91 Å². The van der Waals surface area contributed by atoms with Crippen molar-refractivity contribution in [1.82, 2.24) is 9.97 Å². The van der Waals surface area contributed by atoms with Gasteiger partial charge in [-0.15, -0.1) is 0 Å². The summed E-state index contributed by atoms with van der Waals surface area (Å²) in [7, 11) is 1.52. The number of aromatic nitrogens is 2. The molecule has 0 saturated carbocycles. The SMILES string of the molecule is COc1ccc(C)cc1NC(=O)[C@@H](C)OC(=O)c1ccc2nc(C)c(C)nc2c1. The molecule has 0 spiro atoms. The second kappa shape index (κ2) is 8.26. The summed E-state index contributed by atoms with van der Waals surface area (Å²) >= 11 is 0. The highest BCUT2D eigenvalue weighted by Crippen LogP contribution is 2.25. The van der Waals surface area contributed by atoms with Crippen LogP contribution < -0.4 is 10.1 Å². The van der Waals surface area contributed by atoms with Crippen molar-refractivity contribution in [3.63, 3.8) is 0 Å². The molecule has 0 bridgehead atoms. The lowest BCUT2D eigenvalue weighted by Crippen LogP contribution is -2.30. The minimum Gasteiger partial charge on any atom is -0.495 e. The number of carbonyl (C=O) groups is 2. The highest BCUT2D eigenvalue weighted by atomic mass is 16.5. The van der Waals surface area contributed by atoms with Crippen LogP contribution in [0.4, 0.5) is 5.69 Å². The van der Waals surface area contributed by atoms with E-state index in [1.54, 1.807) is 30.3 Å². The number of nitrogens with one attached hydrogen (secondary N) is 1. The number of fused-ring (bicyclic) bond motifs is 1. The van der Waals surface area contributed by atoms with Crippen molar-refractivity contribution < 1.29 is 19.1 Å². The summed E-state index contributed by atoms with van der Waals surface area (Å²) in [6.07, 6.45) is -0.991. The zero-order valence-corrected chi connectivity index (χ0v) is 17.1. The fourth-order valence-corrected chi connectivity index (χ4v) is 2.79. The molecule has 0 unspecified atom stereocenters. The molecule has 1 atom stereocenters. The van der Waals surface area contributed by atoms with E-state index in [0.29, 0.717) is 28.0 Å². The average Bonchev–Trinajstić information content (AvgIpc) is 2.68. The first-order valence-electron chi connectivity index (χ1n) is 9.20. The van der Waals surface area contributed by atoms with Gasteiger partial charge in [-0.1, -0.05) is 6.07 Å². The van der Waals surface area contributed by atoms with Gasteiger partial charge in [0, 0.05) is 0 Å². The molecule has 0 fully saturated rings. The lowest BCUT2D eigenvalue weighted by molar-refractivity contribution is -0.123. The molecule has 0 saturated heterocycles. The van der Waals surface area contributed by atoms with Gasteiger partial charge in [0.15, 0.2) is 6.10 Å². The van der Waals surface area contributed by atoms with E-state index >= 15 is 0 Å². The van der Waals surface area contributed by atoms with Crippen LogP contribution in [0.5, 0.6) is 5.75 Å². The number of esters is 1. The van der Waals surface area contributed by atoms with E-state index < -0.39 is 18.0 Å². The first-order valence-corrected chi connectivity index (χ1v) is 9.20. The van der Waals surface area contributed by atoms with E-state index in [2.05, 4.69) is 15.3 Å². The Kier molecular flexibility index (Phi) is 5.77. The first-order chi connectivity index (χ1) is 13.8. The quantitative estimate of drug-likeness (QED) is 0.664. The van der Waals surface area contributed by atoms with Crippen molar-refractivity contribution in [2.45, 2.75) is 33.8 Å². The van der Waals surface area contributed by atoms with Crippen LogP contribution in [0.1, 0.15) is 34.2 Å². The third kappa shape index (κ3) is 4.51. The van der Waals surface area contributed by atoms with Crippen molar-refractivity contribution in [1.29, 1.82) is 0 Å². The third-order valence-electron chi connectivity index (χ3n) is 4.58. The van der Waals surface area contributed by atoms with Crippen LogP contribution in [0.3, 0.4) is 0 Å². The zero-order valence-electron chi connectivity index (χ0n) is 17.1. The lowest BCUT2D eigenvalue weighted by atomic mass is 10.2. The summed E-state index contributed by atoms with van der Waals surface area (Å²) in [5.41, 5.74) is 4.72. The number of ether oxygens (including phenoxy) is 2. The highest BCUT2D eigenvalue weighted by Gasteiger charge is 2.21. The van der Waals surface area contributed by atoms with E-state index in [1.165, 1.54) is 14.0 Å². The Balaban J connectivity index is 1.73. The number of methoxy groups -OCH3 is 1. The van der Waals surface area contributed by atoms with Gasteiger partial charge >= 0.3 is 5.97 Å². The minimum atomic E-state index is -0.991. The second-order valence-electron chi connectivity index (χ2n) is 6.84. The van der Waals surface area contributed by atoms with E-state index in [4.69, 9.17) is 9.47 Å². The Morgan fingerprint density at radius 1 is 0.966 bits per heavy atom. The van der Waals surface area contributed by atoms with Gasteiger partial charge in [-0.25, -0.2) is 14.8 Å². The fourth-order valence-electron chi connectivity index (χ4n) is 2.79. The largest absolute Gasteiger partial charge is 0.495 e. The van der Waals surface area contributed by atoms with Gasteiger partial charge in [-0.05, 0) is 63.6 Å². The number of benzene rings is 2. The van der Waals surface area contributed by atoms with Crippen LogP contribution in [-0.4, -0.2) is 35.1 Å². The molecule has 1 aromatic heterocycles. The van der Waals surface area contributed by atoms with Gasteiger partial charge in [0.05, 0.1) is 40.8 Å². The molecular formula is C22H23N3O4. The van der Waals surface area contributed by atoms with Crippen molar-refractivity contribution in [3.05, 3.63) is 58.9 Å². The maximum atomic E-state index is 12.5. The predicted molar refractivity (Wildman–Crippen MR) is 110 cm³/mol. The molecule has 0 aliphatic rings. The molecule has 1 amide bonds. The molecule has 2 aromatic carbocycles. The van der Waals surface area contributed by atoms with Gasteiger partial charge in [0.1, 0.15) is 5.75 Å². The highest BCUT2D eigenvalue weighted by molar-refractivity contribution is 5.99. The summed E-state index contributed by atoms with van der Waals surface area (Å²) in [5, 5.41) is 2.74. The van der Waals surface area contributed by atoms with E-state index in [0.717, 1.165) is 17.0 Å². The molecular weight excluding hydrogens is 370 g/mol. The fraction of sp³-hybridized carbons (Fsp3) is 0.273. The number of aryl methyl sites for hydroxylation is 3. The van der Waals surface area contributed by atoms with Gasteiger partial charge in [-0.2, -0.15) is 0 Å². The van der Waals surface area contributed by atoms with E-state index in [-0.39, 0.29) is 0 Å². The monoisotopic (exact) mass is 393 g/mol. The first kappa shape index (κ1) is 20.3. The van der Waals surface area contributed by atoms with Crippen molar-refractivity contribution in [2.24, 2.45) is 0 Å². The molecule has 3 rings (SSSR count). The zero-order chi connectivity index (χ0) is 21.1. The van der Waals surface area contributed by atoms with Crippen LogP contribution in [0.25, 0.3) is 11.0 Å². The van der Waals surface area contributed by atoms with Crippen molar-refractivity contribution in [3.8, 4) is 5.75 Å². The number of carbonyl (C=O) groups excluding carboxylic acids is 2. The summed E-state index contributed by atoms with van der Waals surface area (Å²) in [6, 6.07) is 10.4. The van der Waals surface area contributed by atoms with Gasteiger partial charge < -0.3 is 14.8 Å². The van der Waals surface area contributed by atoms with E-state index in [9.17, 15) is 9.59 Å². The third-order valence-corrected chi connectivity index (χ3v) is 4.58. The summed E-state index contributed by atoms with van der Waals surface area (Å²) in [6.45, 7) is 7.17. The molecule has 0 aliphatic heterocycles. The van der Waals surface area contributed by atoms with Crippen molar-refractivity contribution in [2.75, 3.05) is 12.4 Å². The normalized spacial score (nSPS) is 11.8. The molecule has 1 N–H and O–H groups in total. The summed E-state index contributed by atoms with van der Waals surface area (Å²) < 4.78 is 10.6. The van der Waals surface area contributed by atoms with Gasteiger partial charge in [-0.3, -0.25) is 4.79 Å². The standard InChI is InChI=1S/C22H23N3O4/c1-12-6-9-20(28-5)19(10-12)25-21(26)15(4)29-22(27)16-7-8-17-18(11-16)24-14(3)13(2)23-17/h6-11,15H,1-5H3,(H,25,26)/t15-/m1/s1. The number of hydrogen-bond acceptors (Lipinski definition) is 6. The van der Waals surface area contributed by atoms with Crippen LogP contribution in [-0.2, 0) is 9.53 Å². The van der Waals surface area contributed by atoms with Crippen LogP contribution >= 0.6 is 0 Å². The maximum absolute atomic E-state index is 12.5. The number of anilines is 1. The lowest BCUT2D eigenvalue weighted by Gasteiger charge is -2.16. The molecule has 7 heteroatoms. The number of rotatable bonds is 5. The van der Waals surface area contributed by atoms with Crippen LogP contribution in [0, 0.1) is 20.8 Å². The van der Waals surface area contributed by atoms with E-state index in [1.807, 2.05) is 26.8 Å². The Bertz CT molecular complexity index is 1090. The van der Waals surface area contributed by atoms with Crippen LogP contribution in [0.15, 0.2) is 36.4 Å². The molecule has 29 heavy (non-hydrogen) atoms. The topological polar surface area (TPSA) is 90.4 Å². The number of nitrogens with zero attached hydrogens (tertiary/aromatic N) is 2.